The summed E-state index contributed by atoms with van der Waals surface area (Å²) < 4.78 is 1.69. The van der Waals surface area contributed by atoms with Crippen LogP contribution in [-0.2, 0) is 24.2 Å². The summed E-state index contributed by atoms with van der Waals surface area (Å²) >= 11 is 1.61. The van der Waals surface area contributed by atoms with Gasteiger partial charge in [0.25, 0.3) is 0 Å². The fraction of sp³-hybridized carbons (Fsp3) is 0.333. The van der Waals surface area contributed by atoms with Gasteiger partial charge in [0.2, 0.25) is 0 Å². The average Bonchev–Trinajstić information content (AvgIpc) is 3.24. The van der Waals surface area contributed by atoms with E-state index in [0.717, 1.165) is 11.8 Å². The van der Waals surface area contributed by atoms with E-state index in [9.17, 15) is 0 Å². The van der Waals surface area contributed by atoms with E-state index >= 15 is 0 Å². The third kappa shape index (κ3) is 8.70. The molecule has 30 heavy (non-hydrogen) atoms. The molecule has 0 fully saturated rings. The second-order valence-electron chi connectivity index (χ2n) is 8.06. The first-order valence-electron chi connectivity index (χ1n) is 10.2. The fourth-order valence-corrected chi connectivity index (χ4v) is 3.31. The van der Waals surface area contributed by atoms with Crippen LogP contribution in [0.3, 0.4) is 0 Å². The molecular weight excluding hydrogens is 486 g/mol. The van der Waals surface area contributed by atoms with Gasteiger partial charge in [-0.3, -0.25) is 6.08 Å². The van der Waals surface area contributed by atoms with Crippen LogP contribution in [0.15, 0.2) is 72.3 Å². The molecular formula is C27H32Cl2Zr-2. The standard InChI is InChI=1S/C13H9.C7H9.C7H14.2ClH.Zr/c1-3-7-12-10(5-1)9-11-6-2-4-8-13(11)12;1-6-3-4-7(2)5-6;1-6(2)5-7(3)4;;;/h1-9H;3-4,6H,1-2H3;6-7H,1-4H3;2*1H;/q2*-1;;;;+2/p-2. The maximum Gasteiger partial charge on any atom is -0.0733 e. The quantitative estimate of drug-likeness (QED) is 0.453. The molecule has 0 saturated heterocycles. The molecule has 1 unspecified atom stereocenters. The predicted molar refractivity (Wildman–Crippen MR) is 122 cm³/mol. The van der Waals surface area contributed by atoms with E-state index in [2.05, 4.69) is 114 Å². The van der Waals surface area contributed by atoms with Crippen LogP contribution < -0.4 is 24.8 Å². The summed E-state index contributed by atoms with van der Waals surface area (Å²) in [4.78, 5) is 0. The van der Waals surface area contributed by atoms with Crippen molar-refractivity contribution in [3.05, 3.63) is 78.4 Å². The summed E-state index contributed by atoms with van der Waals surface area (Å²) in [6.07, 6.45) is 7.47. The Morgan fingerprint density at radius 3 is 1.57 bits per heavy atom. The molecule has 0 spiro atoms. The molecule has 0 saturated carbocycles. The molecule has 0 heterocycles. The number of benzene rings is 2. The first kappa shape index (κ1) is 29.1. The van der Waals surface area contributed by atoms with Gasteiger partial charge in [0.1, 0.15) is 0 Å². The number of allylic oxidation sites excluding steroid dienone is 4. The van der Waals surface area contributed by atoms with Gasteiger partial charge in [-0.25, -0.2) is 11.6 Å². The smallest absolute Gasteiger partial charge is 0.0733 e. The fourth-order valence-electron chi connectivity index (χ4n) is 3.31. The number of rotatable bonds is 2. The van der Waals surface area contributed by atoms with Crippen molar-refractivity contribution in [1.82, 2.24) is 0 Å². The van der Waals surface area contributed by atoms with Crippen LogP contribution in [0, 0.1) is 23.8 Å². The van der Waals surface area contributed by atoms with E-state index in [1.165, 1.54) is 27.1 Å². The van der Waals surface area contributed by atoms with Crippen LogP contribution in [-0.4, -0.2) is 3.21 Å². The maximum absolute atomic E-state index is 3.22. The van der Waals surface area contributed by atoms with E-state index in [1.807, 2.05) is 0 Å². The Labute approximate surface area is 210 Å². The van der Waals surface area contributed by atoms with E-state index in [4.69, 9.17) is 0 Å². The third-order valence-corrected chi connectivity index (χ3v) is 7.70. The third-order valence-electron chi connectivity index (χ3n) is 4.86. The Bertz CT molecular complexity index is 916. The van der Waals surface area contributed by atoms with Crippen LogP contribution >= 0.6 is 0 Å². The Morgan fingerprint density at radius 2 is 1.30 bits per heavy atom. The van der Waals surface area contributed by atoms with Gasteiger partial charge in [-0.1, -0.05) is 56.2 Å². The second-order valence-corrected chi connectivity index (χ2v) is 9.48. The van der Waals surface area contributed by atoms with Gasteiger partial charge in [-0.2, -0.15) is 6.08 Å². The molecule has 1 aliphatic carbocycles. The Hall–Kier alpha value is -0.877. The van der Waals surface area contributed by atoms with Gasteiger partial charge in [0.05, 0.1) is 0 Å². The Balaban J connectivity index is 0.000000436. The topological polar surface area (TPSA) is 0 Å². The monoisotopic (exact) mass is 516 g/mol. The number of fused-ring (bicyclic) bond motifs is 3. The molecule has 160 valence electrons. The van der Waals surface area contributed by atoms with Crippen molar-refractivity contribution in [1.29, 1.82) is 0 Å². The molecule has 3 heteroatoms. The van der Waals surface area contributed by atoms with Crippen LogP contribution in [0.25, 0.3) is 21.5 Å². The molecule has 1 atom stereocenters. The minimum Gasteiger partial charge on any atom is -1.00 e. The number of hydrogen-bond acceptors (Lipinski definition) is 0. The zero-order valence-electron chi connectivity index (χ0n) is 18.8. The van der Waals surface area contributed by atoms with Crippen molar-refractivity contribution < 1.29 is 49.0 Å². The van der Waals surface area contributed by atoms with Gasteiger partial charge in [-0.15, -0.1) is 39.7 Å². The summed E-state index contributed by atoms with van der Waals surface area (Å²) in [6.45, 7) is 13.3. The van der Waals surface area contributed by atoms with Gasteiger partial charge in [0, 0.05) is 0 Å². The first-order valence-corrected chi connectivity index (χ1v) is 11.4. The predicted octanol–water partition coefficient (Wildman–Crippen LogP) is 1.68. The Kier molecular flexibility index (Phi) is 13.8. The van der Waals surface area contributed by atoms with Gasteiger partial charge in [0.15, 0.2) is 0 Å². The van der Waals surface area contributed by atoms with Crippen molar-refractivity contribution in [2.45, 2.75) is 41.5 Å². The molecule has 3 aromatic carbocycles. The summed E-state index contributed by atoms with van der Waals surface area (Å²) in [7, 11) is 0. The van der Waals surface area contributed by atoms with Crippen molar-refractivity contribution in [2.24, 2.45) is 17.8 Å². The first-order chi connectivity index (χ1) is 13.3. The summed E-state index contributed by atoms with van der Waals surface area (Å²) in [5.74, 6) is 2.15. The zero-order chi connectivity index (χ0) is 20.7. The average molecular weight is 519 g/mol. The molecule has 3 aromatic rings. The van der Waals surface area contributed by atoms with Gasteiger partial charge in [-0.05, 0) is 0 Å². The molecule has 1 aliphatic rings. The van der Waals surface area contributed by atoms with Crippen LogP contribution in [0.2, 0.25) is 0 Å². The summed E-state index contributed by atoms with van der Waals surface area (Å²) in [6, 6.07) is 19.3. The Morgan fingerprint density at radius 1 is 0.867 bits per heavy atom. The van der Waals surface area contributed by atoms with Crippen LogP contribution in [0.4, 0.5) is 0 Å². The maximum atomic E-state index is 3.22. The van der Waals surface area contributed by atoms with Crippen molar-refractivity contribution in [3.8, 4) is 0 Å². The number of halogens is 2. The van der Waals surface area contributed by atoms with Crippen molar-refractivity contribution in [2.75, 3.05) is 0 Å². The zero-order valence-corrected chi connectivity index (χ0v) is 22.8. The van der Waals surface area contributed by atoms with Gasteiger partial charge >= 0.3 is 67.0 Å². The molecule has 0 nitrogen and oxygen atoms in total. The van der Waals surface area contributed by atoms with E-state index in [0.29, 0.717) is 5.92 Å². The van der Waals surface area contributed by atoms with E-state index < -0.39 is 0 Å². The molecule has 0 amide bonds. The van der Waals surface area contributed by atoms with Crippen molar-refractivity contribution >= 4 is 24.8 Å². The molecule has 4 rings (SSSR count). The van der Waals surface area contributed by atoms with E-state index in [1.54, 1.807) is 27.4 Å². The molecule has 0 bridgehead atoms. The summed E-state index contributed by atoms with van der Waals surface area (Å²) in [5.41, 5.74) is 1.27. The number of hydrogen-bond donors (Lipinski definition) is 0. The molecule has 0 radical (unpaired) electrons. The van der Waals surface area contributed by atoms with Crippen LogP contribution in [0.5, 0.6) is 0 Å². The molecule has 0 aliphatic heterocycles. The minimum atomic E-state index is 0. The molecule has 0 N–H and O–H groups in total. The summed E-state index contributed by atoms with van der Waals surface area (Å²) in [5, 5.41) is 5.39. The van der Waals surface area contributed by atoms with Crippen LogP contribution in [0.1, 0.15) is 41.5 Å². The SMILES string of the molecule is CC(C)[C](=[Zr+2])C(C)C.CC1=[C-]C(C)C=C1.[Cl-].[Cl-].c1ccc2c(c1)[cH-]c1ccccc12. The van der Waals surface area contributed by atoms with Gasteiger partial charge < -0.3 is 24.8 Å². The second kappa shape index (κ2) is 14.2. The molecule has 0 aromatic heterocycles. The van der Waals surface area contributed by atoms with Crippen molar-refractivity contribution in [3.63, 3.8) is 0 Å². The largest absolute Gasteiger partial charge is 1.00 e. The minimum absolute atomic E-state index is 0. The normalized spacial score (nSPS) is 14.3. The van der Waals surface area contributed by atoms with E-state index in [-0.39, 0.29) is 24.8 Å².